The van der Waals surface area contributed by atoms with E-state index >= 15 is 0 Å². The second-order valence-electron chi connectivity index (χ2n) is 4.32. The number of benzene rings is 1. The number of aromatic nitrogens is 3. The Hall–Kier alpha value is -1.48. The number of thioether (sulfide) groups is 1. The molecule has 3 N–H and O–H groups in total. The van der Waals surface area contributed by atoms with Crippen molar-refractivity contribution < 1.29 is 4.79 Å². The van der Waals surface area contributed by atoms with Crippen molar-refractivity contribution in [3.63, 3.8) is 0 Å². The highest BCUT2D eigenvalue weighted by Gasteiger charge is 2.14. The molecule has 0 fully saturated rings. The third-order valence-electron chi connectivity index (χ3n) is 2.62. The molecule has 1 amide bonds. The molecule has 23 heavy (non-hydrogen) atoms. The quantitative estimate of drug-likeness (QED) is 0.609. The molecule has 11 heteroatoms. The highest BCUT2D eigenvalue weighted by atomic mass is 35.5. The van der Waals surface area contributed by atoms with Crippen molar-refractivity contribution in [2.45, 2.75) is 12.1 Å². The molecule has 0 atom stereocenters. The van der Waals surface area contributed by atoms with Crippen molar-refractivity contribution >= 4 is 58.2 Å². The number of nitrogen functional groups attached to an aromatic ring is 1. The maximum absolute atomic E-state index is 12.0. The van der Waals surface area contributed by atoms with Crippen LogP contribution >= 0.6 is 46.6 Å². The summed E-state index contributed by atoms with van der Waals surface area (Å²) in [6.45, 7) is 1.49. The number of hydrogen-bond donors (Lipinski definition) is 2. The zero-order valence-electron chi connectivity index (χ0n) is 11.6. The second-order valence-corrected chi connectivity index (χ2v) is 6.52. The van der Waals surface area contributed by atoms with E-state index in [4.69, 9.17) is 40.6 Å². The van der Waals surface area contributed by atoms with E-state index in [1.165, 1.54) is 19.1 Å². The summed E-state index contributed by atoms with van der Waals surface area (Å²) in [5.74, 6) is 5.11. The Morgan fingerprint density at radius 1 is 1.30 bits per heavy atom. The van der Waals surface area contributed by atoms with Crippen LogP contribution in [-0.2, 0) is 4.79 Å². The number of hydrogen-bond acceptors (Lipinski definition) is 6. The van der Waals surface area contributed by atoms with Crippen LogP contribution in [0.25, 0.3) is 0 Å². The van der Waals surface area contributed by atoms with Gasteiger partial charge in [0.1, 0.15) is 5.69 Å². The zero-order valence-corrected chi connectivity index (χ0v) is 14.7. The molecule has 2 rings (SSSR count). The summed E-state index contributed by atoms with van der Waals surface area (Å²) in [5.41, 5.74) is -0.0591. The summed E-state index contributed by atoms with van der Waals surface area (Å²) in [6, 6.07) is 2.92. The maximum atomic E-state index is 12.0. The minimum Gasteiger partial charge on any atom is -0.334 e. The number of carbonyl (C=O) groups excluding carboxylic acids is 1. The van der Waals surface area contributed by atoms with Gasteiger partial charge in [-0.05, 0) is 19.1 Å². The fourth-order valence-corrected chi connectivity index (χ4v) is 3.10. The summed E-state index contributed by atoms with van der Waals surface area (Å²) in [7, 11) is 0. The minimum absolute atomic E-state index is 0.0658. The number of carbonyl (C=O) groups is 1. The highest BCUT2D eigenvalue weighted by molar-refractivity contribution is 7.99. The van der Waals surface area contributed by atoms with Crippen LogP contribution in [0.15, 0.2) is 22.1 Å². The molecule has 1 aromatic heterocycles. The number of rotatable bonds is 4. The number of halogens is 3. The normalized spacial score (nSPS) is 10.6. The topological polar surface area (TPSA) is 103 Å². The fourth-order valence-electron chi connectivity index (χ4n) is 1.54. The van der Waals surface area contributed by atoms with Gasteiger partial charge in [-0.3, -0.25) is 9.59 Å². The van der Waals surface area contributed by atoms with E-state index in [0.717, 1.165) is 16.4 Å². The molecule has 0 aliphatic heterocycles. The van der Waals surface area contributed by atoms with E-state index in [1.54, 1.807) is 0 Å². The highest BCUT2D eigenvalue weighted by Crippen LogP contribution is 2.33. The summed E-state index contributed by atoms with van der Waals surface area (Å²) in [6.07, 6.45) is 0. The van der Waals surface area contributed by atoms with Gasteiger partial charge in [0.2, 0.25) is 11.1 Å². The van der Waals surface area contributed by atoms with Crippen LogP contribution in [0, 0.1) is 6.92 Å². The molecule has 0 spiro atoms. The lowest BCUT2D eigenvalue weighted by Gasteiger charge is -2.10. The fraction of sp³-hybridized carbons (Fsp3) is 0.167. The molecule has 0 bridgehead atoms. The lowest BCUT2D eigenvalue weighted by atomic mass is 10.3. The third kappa shape index (κ3) is 4.29. The van der Waals surface area contributed by atoms with Gasteiger partial charge in [-0.25, -0.2) is 0 Å². The number of nitrogens with one attached hydrogen (secondary N) is 1. The van der Waals surface area contributed by atoms with Gasteiger partial charge in [0, 0.05) is 5.02 Å². The van der Waals surface area contributed by atoms with Gasteiger partial charge < -0.3 is 11.2 Å². The molecule has 0 aliphatic carbocycles. The second kappa shape index (κ2) is 7.39. The van der Waals surface area contributed by atoms with E-state index in [-0.39, 0.29) is 32.3 Å². The summed E-state index contributed by atoms with van der Waals surface area (Å²) in [5, 5.41) is 10.9. The smallest absolute Gasteiger partial charge is 0.294 e. The lowest BCUT2D eigenvalue weighted by molar-refractivity contribution is -0.113. The summed E-state index contributed by atoms with van der Waals surface area (Å²) in [4.78, 5) is 23.6. The van der Waals surface area contributed by atoms with Gasteiger partial charge in [0.15, 0.2) is 0 Å². The largest absolute Gasteiger partial charge is 0.334 e. The van der Waals surface area contributed by atoms with Crippen LogP contribution in [0.4, 0.5) is 5.69 Å². The third-order valence-corrected chi connectivity index (χ3v) is 4.38. The number of amides is 1. The average molecular weight is 395 g/mol. The van der Waals surface area contributed by atoms with E-state index < -0.39 is 11.5 Å². The predicted octanol–water partition coefficient (Wildman–Crippen LogP) is 2.35. The van der Waals surface area contributed by atoms with Crippen LogP contribution < -0.4 is 16.7 Å². The molecule has 2 aromatic rings. The first kappa shape index (κ1) is 17.9. The number of nitrogens with zero attached hydrogens (tertiary/aromatic N) is 3. The van der Waals surface area contributed by atoms with Crippen molar-refractivity contribution in [2.24, 2.45) is 0 Å². The Balaban J connectivity index is 2.07. The molecule has 0 unspecified atom stereocenters. The number of aryl methyl sites for hydroxylation is 1. The van der Waals surface area contributed by atoms with Crippen LogP contribution in [-0.4, -0.2) is 26.5 Å². The van der Waals surface area contributed by atoms with Gasteiger partial charge in [-0.15, -0.1) is 10.2 Å². The average Bonchev–Trinajstić information content (AvgIpc) is 2.48. The Morgan fingerprint density at radius 2 is 1.91 bits per heavy atom. The molecule has 1 heterocycles. The molecule has 0 saturated carbocycles. The van der Waals surface area contributed by atoms with Crippen LogP contribution in [0.2, 0.25) is 15.1 Å². The molecule has 0 saturated heterocycles. The Bertz CT molecular complexity index is 804. The Labute approximate surface area is 150 Å². The zero-order chi connectivity index (χ0) is 17.1. The maximum Gasteiger partial charge on any atom is 0.294 e. The van der Waals surface area contributed by atoms with Crippen LogP contribution in [0.5, 0.6) is 0 Å². The molecular weight excluding hydrogens is 385 g/mol. The van der Waals surface area contributed by atoms with E-state index in [1.807, 2.05) is 0 Å². The SMILES string of the molecule is Cc1nnc(SCC(=O)Nc2c(Cl)cc(Cl)cc2Cl)n(N)c1=O. The van der Waals surface area contributed by atoms with Crippen molar-refractivity contribution in [1.29, 1.82) is 0 Å². The predicted molar refractivity (Wildman–Crippen MR) is 92.0 cm³/mol. The van der Waals surface area contributed by atoms with Crippen LogP contribution in [0.3, 0.4) is 0 Å². The molecule has 0 radical (unpaired) electrons. The first-order valence-electron chi connectivity index (χ1n) is 6.08. The van der Waals surface area contributed by atoms with E-state index in [9.17, 15) is 9.59 Å². The molecule has 122 valence electrons. The monoisotopic (exact) mass is 393 g/mol. The van der Waals surface area contributed by atoms with Crippen molar-refractivity contribution in [1.82, 2.24) is 14.9 Å². The summed E-state index contributed by atoms with van der Waals surface area (Å²) < 4.78 is 0.836. The van der Waals surface area contributed by atoms with Gasteiger partial charge >= 0.3 is 0 Å². The van der Waals surface area contributed by atoms with Gasteiger partial charge in [0.25, 0.3) is 5.56 Å². The standard InChI is InChI=1S/C12H10Cl3N5O2S/c1-5-11(22)20(16)12(19-18-5)23-4-9(21)17-10-7(14)2-6(13)3-8(10)15/h2-3H,4,16H2,1H3,(H,17,21). The molecule has 0 aliphatic rings. The van der Waals surface area contributed by atoms with Crippen LogP contribution in [0.1, 0.15) is 5.69 Å². The Morgan fingerprint density at radius 3 is 2.52 bits per heavy atom. The summed E-state index contributed by atoms with van der Waals surface area (Å²) >= 11 is 18.7. The van der Waals surface area contributed by atoms with Gasteiger partial charge in [0.05, 0.1) is 21.5 Å². The molecular formula is C12H10Cl3N5O2S. The molecule has 7 nitrogen and oxygen atoms in total. The first-order chi connectivity index (χ1) is 10.8. The van der Waals surface area contributed by atoms with Crippen molar-refractivity contribution in [3.05, 3.63) is 43.2 Å². The Kier molecular flexibility index (Phi) is 5.74. The minimum atomic E-state index is -0.480. The number of nitrogens with two attached hydrogens (primary N) is 1. The van der Waals surface area contributed by atoms with Crippen molar-refractivity contribution in [2.75, 3.05) is 16.9 Å². The number of anilines is 1. The lowest BCUT2D eigenvalue weighted by Crippen LogP contribution is -2.32. The first-order valence-corrected chi connectivity index (χ1v) is 8.20. The van der Waals surface area contributed by atoms with Gasteiger partial charge in [-0.1, -0.05) is 46.6 Å². The van der Waals surface area contributed by atoms with Gasteiger partial charge in [-0.2, -0.15) is 4.68 Å². The van der Waals surface area contributed by atoms with E-state index in [2.05, 4.69) is 15.5 Å². The molecule has 1 aromatic carbocycles. The van der Waals surface area contributed by atoms with Crippen molar-refractivity contribution in [3.8, 4) is 0 Å². The van der Waals surface area contributed by atoms with E-state index in [0.29, 0.717) is 5.02 Å².